The van der Waals surface area contributed by atoms with Crippen LogP contribution in [0.25, 0.3) is 6.08 Å². The molecule has 186 valence electrons. The van der Waals surface area contributed by atoms with E-state index in [0.29, 0.717) is 36.2 Å². The molecule has 0 aromatic heterocycles. The van der Waals surface area contributed by atoms with Crippen molar-refractivity contribution in [3.8, 4) is 11.5 Å². The quantitative estimate of drug-likeness (QED) is 0.494. The topological polar surface area (TPSA) is 62.3 Å². The third-order valence-corrected chi connectivity index (χ3v) is 6.76. The number of halogens is 1. The fraction of sp³-hybridized carbons (Fsp3) is 0.407. The summed E-state index contributed by atoms with van der Waals surface area (Å²) in [5.74, 6) is 1.42. The second-order valence-electron chi connectivity index (χ2n) is 8.89. The molecule has 4 rings (SSSR count). The molecule has 35 heavy (non-hydrogen) atoms. The van der Waals surface area contributed by atoms with Crippen LogP contribution in [-0.2, 0) is 16.0 Å². The number of fused-ring (bicyclic) bond motifs is 1. The van der Waals surface area contributed by atoms with Crippen LogP contribution in [0, 0.1) is 0 Å². The van der Waals surface area contributed by atoms with Crippen LogP contribution in [0.3, 0.4) is 0 Å². The average molecular weight is 498 g/mol. The molecule has 2 aromatic rings. The molecule has 0 N–H and O–H groups in total. The van der Waals surface area contributed by atoms with Crippen molar-refractivity contribution in [3.63, 3.8) is 0 Å². The number of nitrogens with zero attached hydrogens (tertiary/aromatic N) is 3. The number of benzene rings is 2. The number of hydrogen-bond acceptors (Lipinski definition) is 6. The highest BCUT2D eigenvalue weighted by Gasteiger charge is 2.26. The number of Topliss-reactive ketones (excluding diaryl/α,β-unsaturated/α-hetero) is 1. The van der Waals surface area contributed by atoms with Gasteiger partial charge in [0, 0.05) is 56.4 Å². The van der Waals surface area contributed by atoms with Crippen molar-refractivity contribution in [2.45, 2.75) is 13.3 Å². The number of hydrogen-bond donors (Lipinski definition) is 0. The van der Waals surface area contributed by atoms with Gasteiger partial charge in [-0.15, -0.1) is 0 Å². The normalized spacial score (nSPS) is 16.5. The Kier molecular flexibility index (Phi) is 8.44. The van der Waals surface area contributed by atoms with E-state index < -0.39 is 0 Å². The lowest BCUT2D eigenvalue weighted by Crippen LogP contribution is -2.48. The van der Waals surface area contributed by atoms with Crippen molar-refractivity contribution in [3.05, 3.63) is 58.6 Å². The number of piperazine rings is 1. The summed E-state index contributed by atoms with van der Waals surface area (Å²) in [6, 6.07) is 11.3. The summed E-state index contributed by atoms with van der Waals surface area (Å²) in [6.07, 6.45) is 4.08. The Morgan fingerprint density at radius 1 is 1.03 bits per heavy atom. The monoisotopic (exact) mass is 497 g/mol. The van der Waals surface area contributed by atoms with Gasteiger partial charge in [0.05, 0.1) is 19.3 Å². The fourth-order valence-corrected chi connectivity index (χ4v) is 4.73. The molecule has 0 unspecified atom stereocenters. The number of methoxy groups -OCH3 is 1. The molecule has 1 fully saturated rings. The second-order valence-corrected chi connectivity index (χ2v) is 9.30. The number of ether oxygens (including phenoxy) is 2. The summed E-state index contributed by atoms with van der Waals surface area (Å²) >= 11 is 6.21. The maximum atomic E-state index is 13.0. The minimum Gasteiger partial charge on any atom is -0.493 e. The predicted molar refractivity (Wildman–Crippen MR) is 139 cm³/mol. The molecule has 0 bridgehead atoms. The molecule has 1 saturated heterocycles. The summed E-state index contributed by atoms with van der Waals surface area (Å²) in [7, 11) is 1.63. The van der Waals surface area contributed by atoms with E-state index in [4.69, 9.17) is 21.1 Å². The molecular formula is C27H32ClN3O4. The van der Waals surface area contributed by atoms with Gasteiger partial charge in [-0.3, -0.25) is 19.4 Å². The van der Waals surface area contributed by atoms with E-state index >= 15 is 0 Å². The molecular weight excluding hydrogens is 466 g/mol. The second kappa shape index (κ2) is 11.7. The Balaban J connectivity index is 1.37. The van der Waals surface area contributed by atoms with Gasteiger partial charge in [0.25, 0.3) is 5.91 Å². The van der Waals surface area contributed by atoms with E-state index in [1.165, 1.54) is 0 Å². The van der Waals surface area contributed by atoms with Crippen molar-refractivity contribution in [1.29, 1.82) is 0 Å². The highest BCUT2D eigenvalue weighted by molar-refractivity contribution is 6.32. The lowest BCUT2D eigenvalue weighted by atomic mass is 10.1. The Morgan fingerprint density at radius 3 is 2.49 bits per heavy atom. The zero-order valence-electron chi connectivity index (χ0n) is 20.3. The van der Waals surface area contributed by atoms with Gasteiger partial charge in [0.15, 0.2) is 11.5 Å². The minimum atomic E-state index is -0.0942. The van der Waals surface area contributed by atoms with Crippen molar-refractivity contribution in [1.82, 2.24) is 9.80 Å². The highest BCUT2D eigenvalue weighted by Crippen LogP contribution is 2.39. The highest BCUT2D eigenvalue weighted by atomic mass is 35.5. The first-order valence-corrected chi connectivity index (χ1v) is 12.3. The summed E-state index contributed by atoms with van der Waals surface area (Å²) < 4.78 is 11.7. The van der Waals surface area contributed by atoms with E-state index in [2.05, 4.69) is 9.80 Å². The van der Waals surface area contributed by atoms with Crippen LogP contribution in [0.1, 0.15) is 18.1 Å². The number of carbonyl (C=O) groups excluding carboxylic acids is 2. The number of ketones is 1. The maximum Gasteiger partial charge on any atom is 0.251 e. The molecule has 2 aliphatic heterocycles. The number of rotatable bonds is 9. The summed E-state index contributed by atoms with van der Waals surface area (Å²) in [5, 5.41) is 0.610. The van der Waals surface area contributed by atoms with Crippen molar-refractivity contribution in [2.75, 3.05) is 64.4 Å². The Bertz CT molecular complexity index is 1100. The van der Waals surface area contributed by atoms with Gasteiger partial charge in [-0.1, -0.05) is 29.8 Å². The van der Waals surface area contributed by atoms with Crippen LogP contribution in [0.15, 0.2) is 42.5 Å². The van der Waals surface area contributed by atoms with Crippen LogP contribution >= 0.6 is 11.6 Å². The minimum absolute atomic E-state index is 0.0942. The van der Waals surface area contributed by atoms with E-state index in [1.54, 1.807) is 37.2 Å². The molecule has 0 spiro atoms. The van der Waals surface area contributed by atoms with Crippen molar-refractivity contribution in [2.24, 2.45) is 0 Å². The van der Waals surface area contributed by atoms with Gasteiger partial charge in [0.2, 0.25) is 0 Å². The third kappa shape index (κ3) is 6.42. The Hall–Kier alpha value is -2.87. The molecule has 2 aliphatic rings. The lowest BCUT2D eigenvalue weighted by molar-refractivity contribution is -0.118. The smallest absolute Gasteiger partial charge is 0.251 e. The van der Waals surface area contributed by atoms with E-state index in [0.717, 1.165) is 56.0 Å². The van der Waals surface area contributed by atoms with Gasteiger partial charge < -0.3 is 14.4 Å². The maximum absolute atomic E-state index is 13.0. The SMILES string of the molecule is COc1cc2c(cc1OCCN1CCN(CC(C)=O)CC1)N(C(=O)/C=C/c1ccccc1Cl)CC2. The third-order valence-electron chi connectivity index (χ3n) is 6.41. The number of anilines is 1. The van der Waals surface area contributed by atoms with Gasteiger partial charge >= 0.3 is 0 Å². The molecule has 0 saturated carbocycles. The molecule has 7 nitrogen and oxygen atoms in total. The lowest BCUT2D eigenvalue weighted by Gasteiger charge is -2.34. The molecule has 8 heteroatoms. The molecule has 1 amide bonds. The van der Waals surface area contributed by atoms with Gasteiger partial charge in [-0.2, -0.15) is 0 Å². The molecule has 0 aliphatic carbocycles. The molecule has 2 heterocycles. The van der Waals surface area contributed by atoms with E-state index in [-0.39, 0.29) is 11.7 Å². The Labute approximate surface area is 211 Å². The van der Waals surface area contributed by atoms with Gasteiger partial charge in [0.1, 0.15) is 12.4 Å². The van der Waals surface area contributed by atoms with Crippen LogP contribution in [0.4, 0.5) is 5.69 Å². The zero-order chi connectivity index (χ0) is 24.8. The van der Waals surface area contributed by atoms with Crippen molar-refractivity contribution < 1.29 is 19.1 Å². The van der Waals surface area contributed by atoms with Crippen molar-refractivity contribution >= 4 is 35.1 Å². The van der Waals surface area contributed by atoms with Crippen LogP contribution in [0.2, 0.25) is 5.02 Å². The zero-order valence-corrected chi connectivity index (χ0v) is 21.1. The summed E-state index contributed by atoms with van der Waals surface area (Å²) in [5.41, 5.74) is 2.73. The molecule has 0 atom stereocenters. The molecule has 2 aromatic carbocycles. The first-order valence-electron chi connectivity index (χ1n) is 12.0. The van der Waals surface area contributed by atoms with E-state index in [1.807, 2.05) is 30.3 Å². The van der Waals surface area contributed by atoms with Crippen LogP contribution in [-0.4, -0.2) is 81.0 Å². The molecule has 0 radical (unpaired) electrons. The first kappa shape index (κ1) is 25.2. The fourth-order valence-electron chi connectivity index (χ4n) is 4.53. The van der Waals surface area contributed by atoms with Crippen LogP contribution < -0.4 is 14.4 Å². The Morgan fingerprint density at radius 2 is 1.77 bits per heavy atom. The summed E-state index contributed by atoms with van der Waals surface area (Å²) in [6.45, 7) is 7.68. The standard InChI is InChI=1S/C27H32ClN3O4/c1-20(32)19-30-13-11-29(12-14-30)15-16-35-26-18-24-22(17-25(26)34-2)9-10-31(24)27(33)8-7-21-5-3-4-6-23(21)28/h3-8,17-18H,9-16,19H2,1-2H3/b8-7+. The average Bonchev–Trinajstić information content (AvgIpc) is 3.26. The number of carbonyl (C=O) groups is 2. The van der Waals surface area contributed by atoms with Crippen LogP contribution in [0.5, 0.6) is 11.5 Å². The van der Waals surface area contributed by atoms with Gasteiger partial charge in [-0.05, 0) is 42.7 Å². The predicted octanol–water partition coefficient (Wildman–Crippen LogP) is 3.54. The number of amides is 1. The first-order chi connectivity index (χ1) is 16.9. The largest absolute Gasteiger partial charge is 0.493 e. The van der Waals surface area contributed by atoms with E-state index in [9.17, 15) is 9.59 Å². The summed E-state index contributed by atoms with van der Waals surface area (Å²) in [4.78, 5) is 30.6. The van der Waals surface area contributed by atoms with Gasteiger partial charge in [-0.25, -0.2) is 0 Å².